The topological polar surface area (TPSA) is 52.6 Å². The van der Waals surface area contributed by atoms with Gasteiger partial charge in [-0.1, -0.05) is 18.0 Å². The van der Waals surface area contributed by atoms with Crippen LogP contribution in [0.5, 0.6) is 0 Å². The van der Waals surface area contributed by atoms with Gasteiger partial charge in [0.1, 0.15) is 5.82 Å². The Labute approximate surface area is 122 Å². The van der Waals surface area contributed by atoms with E-state index in [-0.39, 0.29) is 24.1 Å². The number of aliphatic hydroxyl groups is 1. The molecule has 0 atom stereocenters. The van der Waals surface area contributed by atoms with Gasteiger partial charge in [0.15, 0.2) is 0 Å². The summed E-state index contributed by atoms with van der Waals surface area (Å²) in [6.07, 6.45) is 3.28. The van der Waals surface area contributed by atoms with Gasteiger partial charge in [-0.25, -0.2) is 4.39 Å². The molecule has 110 valence electrons. The molecule has 0 unspecified atom stereocenters. The molecule has 1 aromatic carbocycles. The molecule has 0 spiro atoms. The molecule has 1 aliphatic rings. The molecular weight excluding hydrogens is 283 g/mol. The van der Waals surface area contributed by atoms with Crippen molar-refractivity contribution >= 4 is 23.2 Å². The third kappa shape index (κ3) is 3.91. The van der Waals surface area contributed by atoms with E-state index in [2.05, 4.69) is 5.32 Å². The maximum atomic E-state index is 12.9. The van der Waals surface area contributed by atoms with Crippen molar-refractivity contribution in [3.8, 4) is 0 Å². The Kier molecular flexibility index (Phi) is 5.34. The molecule has 20 heavy (non-hydrogen) atoms. The van der Waals surface area contributed by atoms with Crippen LogP contribution < -0.4 is 5.32 Å². The molecule has 2 N–H and O–H groups in total. The number of nitrogens with zero attached hydrogens (tertiary/aromatic N) is 1. The summed E-state index contributed by atoms with van der Waals surface area (Å²) in [6.45, 7) is 0.718. The highest BCUT2D eigenvalue weighted by Crippen LogP contribution is 2.25. The van der Waals surface area contributed by atoms with Crippen molar-refractivity contribution in [1.82, 2.24) is 4.90 Å². The second-order valence-corrected chi connectivity index (χ2v) is 5.36. The van der Waals surface area contributed by atoms with E-state index in [0.29, 0.717) is 18.3 Å². The first-order valence-electron chi connectivity index (χ1n) is 6.70. The molecule has 1 amide bonds. The monoisotopic (exact) mass is 300 g/mol. The summed E-state index contributed by atoms with van der Waals surface area (Å²) in [5.74, 6) is -0.650. The van der Waals surface area contributed by atoms with Gasteiger partial charge < -0.3 is 10.4 Å². The average molecular weight is 301 g/mol. The molecule has 0 saturated heterocycles. The molecule has 1 aromatic rings. The number of amides is 1. The lowest BCUT2D eigenvalue weighted by atomic mass is 9.91. The van der Waals surface area contributed by atoms with Crippen LogP contribution in [0, 0.1) is 5.82 Å². The van der Waals surface area contributed by atoms with Crippen LogP contribution in [0.4, 0.5) is 10.1 Å². The summed E-state index contributed by atoms with van der Waals surface area (Å²) in [5.41, 5.74) is 0.399. The largest absolute Gasteiger partial charge is 0.395 e. The zero-order valence-electron chi connectivity index (χ0n) is 11.1. The molecule has 0 aliphatic heterocycles. The van der Waals surface area contributed by atoms with Crippen molar-refractivity contribution in [3.63, 3.8) is 0 Å². The summed E-state index contributed by atoms with van der Waals surface area (Å²) in [6, 6.07) is 4.22. The third-order valence-electron chi connectivity index (χ3n) is 3.53. The number of benzene rings is 1. The molecule has 2 rings (SSSR count). The quantitative estimate of drug-likeness (QED) is 0.847. The molecule has 4 nitrogen and oxygen atoms in total. The molecule has 6 heteroatoms. The Hall–Kier alpha value is -1.17. The average Bonchev–Trinajstić information content (AvgIpc) is 2.31. The van der Waals surface area contributed by atoms with Crippen LogP contribution in [0.25, 0.3) is 0 Å². The van der Waals surface area contributed by atoms with Crippen molar-refractivity contribution in [2.24, 2.45) is 0 Å². The number of hydrogen-bond donors (Lipinski definition) is 2. The van der Waals surface area contributed by atoms with Crippen LogP contribution in [0.1, 0.15) is 19.3 Å². The lowest BCUT2D eigenvalue weighted by molar-refractivity contribution is -0.118. The van der Waals surface area contributed by atoms with Crippen LogP contribution in [-0.2, 0) is 4.79 Å². The van der Waals surface area contributed by atoms with E-state index < -0.39 is 5.82 Å². The standard InChI is InChI=1S/C14H18ClFN2O2/c15-12-8-10(16)4-5-13(12)17-14(20)9-18(6-7-19)11-2-1-3-11/h4-5,8,11,19H,1-3,6-7,9H2,(H,17,20). The Bertz CT molecular complexity index is 480. The first-order valence-corrected chi connectivity index (χ1v) is 7.08. The zero-order chi connectivity index (χ0) is 14.5. The fourth-order valence-electron chi connectivity index (χ4n) is 2.24. The summed E-state index contributed by atoms with van der Waals surface area (Å²) in [7, 11) is 0. The van der Waals surface area contributed by atoms with E-state index in [1.54, 1.807) is 0 Å². The van der Waals surface area contributed by atoms with E-state index in [1.165, 1.54) is 12.1 Å². The number of rotatable bonds is 6. The summed E-state index contributed by atoms with van der Waals surface area (Å²) >= 11 is 5.86. The minimum atomic E-state index is -0.440. The lowest BCUT2D eigenvalue weighted by Gasteiger charge is -2.36. The number of carbonyl (C=O) groups is 1. The Morgan fingerprint density at radius 1 is 1.50 bits per heavy atom. The number of carbonyl (C=O) groups excluding carboxylic acids is 1. The predicted octanol–water partition coefficient (Wildman–Crippen LogP) is 2.26. The highest BCUT2D eigenvalue weighted by atomic mass is 35.5. The van der Waals surface area contributed by atoms with Crippen LogP contribution >= 0.6 is 11.6 Å². The number of nitrogens with one attached hydrogen (secondary N) is 1. The maximum Gasteiger partial charge on any atom is 0.238 e. The Morgan fingerprint density at radius 2 is 2.25 bits per heavy atom. The molecule has 1 aliphatic carbocycles. The van der Waals surface area contributed by atoms with Gasteiger partial charge in [0.2, 0.25) is 5.91 Å². The molecular formula is C14H18ClFN2O2. The number of hydrogen-bond acceptors (Lipinski definition) is 3. The fraction of sp³-hybridized carbons (Fsp3) is 0.500. The zero-order valence-corrected chi connectivity index (χ0v) is 11.9. The molecule has 0 bridgehead atoms. The van der Waals surface area contributed by atoms with Gasteiger partial charge in [0.05, 0.1) is 23.9 Å². The van der Waals surface area contributed by atoms with Gasteiger partial charge in [-0.05, 0) is 31.0 Å². The predicted molar refractivity (Wildman–Crippen MR) is 76.3 cm³/mol. The highest BCUT2D eigenvalue weighted by molar-refractivity contribution is 6.33. The van der Waals surface area contributed by atoms with Crippen LogP contribution in [0.3, 0.4) is 0 Å². The van der Waals surface area contributed by atoms with E-state index in [9.17, 15) is 9.18 Å². The molecule has 1 fully saturated rings. The minimum absolute atomic E-state index is 0.0289. The first kappa shape index (κ1) is 15.2. The lowest BCUT2D eigenvalue weighted by Crippen LogP contribution is -2.45. The van der Waals surface area contributed by atoms with E-state index in [1.807, 2.05) is 4.90 Å². The normalized spacial score (nSPS) is 15.2. The Morgan fingerprint density at radius 3 is 2.80 bits per heavy atom. The number of aliphatic hydroxyl groups excluding tert-OH is 1. The smallest absolute Gasteiger partial charge is 0.238 e. The minimum Gasteiger partial charge on any atom is -0.395 e. The maximum absolute atomic E-state index is 12.9. The van der Waals surface area contributed by atoms with Crippen LogP contribution in [0.15, 0.2) is 18.2 Å². The molecule has 0 radical (unpaired) electrons. The van der Waals surface area contributed by atoms with Crippen molar-refractivity contribution in [1.29, 1.82) is 0 Å². The van der Waals surface area contributed by atoms with Crippen molar-refractivity contribution in [2.45, 2.75) is 25.3 Å². The molecule has 1 saturated carbocycles. The van der Waals surface area contributed by atoms with E-state index in [0.717, 1.165) is 25.3 Å². The van der Waals surface area contributed by atoms with Gasteiger partial charge in [-0.3, -0.25) is 9.69 Å². The van der Waals surface area contributed by atoms with Crippen molar-refractivity contribution < 1.29 is 14.3 Å². The summed E-state index contributed by atoms with van der Waals surface area (Å²) < 4.78 is 12.9. The first-order chi connectivity index (χ1) is 9.60. The SMILES string of the molecule is O=C(CN(CCO)C1CCC1)Nc1ccc(F)cc1Cl. The molecule has 0 heterocycles. The van der Waals surface area contributed by atoms with Gasteiger partial charge in [-0.15, -0.1) is 0 Å². The van der Waals surface area contributed by atoms with Crippen LogP contribution in [-0.4, -0.2) is 41.7 Å². The summed E-state index contributed by atoms with van der Waals surface area (Å²) in [4.78, 5) is 14.0. The number of anilines is 1. The van der Waals surface area contributed by atoms with Crippen molar-refractivity contribution in [2.75, 3.05) is 25.0 Å². The summed E-state index contributed by atoms with van der Waals surface area (Å²) in [5, 5.41) is 11.9. The second-order valence-electron chi connectivity index (χ2n) is 4.95. The van der Waals surface area contributed by atoms with Gasteiger partial charge in [0, 0.05) is 12.6 Å². The van der Waals surface area contributed by atoms with Gasteiger partial charge in [-0.2, -0.15) is 0 Å². The fourth-order valence-corrected chi connectivity index (χ4v) is 2.45. The highest BCUT2D eigenvalue weighted by Gasteiger charge is 2.26. The Balaban J connectivity index is 1.93. The number of halogens is 2. The van der Waals surface area contributed by atoms with Crippen molar-refractivity contribution in [3.05, 3.63) is 29.0 Å². The third-order valence-corrected chi connectivity index (χ3v) is 3.84. The van der Waals surface area contributed by atoms with Crippen LogP contribution in [0.2, 0.25) is 5.02 Å². The van der Waals surface area contributed by atoms with E-state index >= 15 is 0 Å². The second kappa shape index (κ2) is 7.02. The van der Waals surface area contributed by atoms with E-state index in [4.69, 9.17) is 16.7 Å². The molecule has 0 aromatic heterocycles. The van der Waals surface area contributed by atoms with Gasteiger partial charge in [0.25, 0.3) is 0 Å². The van der Waals surface area contributed by atoms with Gasteiger partial charge >= 0.3 is 0 Å².